The molecule has 0 aromatic rings. The first-order valence-electron chi connectivity index (χ1n) is 3.43. The van der Waals surface area contributed by atoms with E-state index in [1.807, 2.05) is 0 Å². The Kier molecular flexibility index (Phi) is 4.93. The molecule has 0 aromatic heterocycles. The molecule has 0 spiro atoms. The molecule has 0 bridgehead atoms. The van der Waals surface area contributed by atoms with Crippen molar-refractivity contribution in [3.05, 3.63) is 12.2 Å². The largest absolute Gasteiger partial charge is 0.459 e. The molecule has 0 amide bonds. The second-order valence-electron chi connectivity index (χ2n) is 2.07. The Morgan fingerprint density at radius 1 is 1.64 bits per heavy atom. The van der Waals surface area contributed by atoms with E-state index in [2.05, 4.69) is 11.8 Å². The third-order valence-electron chi connectivity index (χ3n) is 0.947. The van der Waals surface area contributed by atoms with E-state index in [0.717, 1.165) is 0 Å². The molecule has 1 unspecified atom stereocenters. The fourth-order valence-corrected chi connectivity index (χ4v) is 0.568. The first-order valence-corrected chi connectivity index (χ1v) is 3.43. The van der Waals surface area contributed by atoms with Crippen molar-refractivity contribution in [3.63, 3.8) is 0 Å². The van der Waals surface area contributed by atoms with Crippen molar-refractivity contribution in [2.24, 2.45) is 0 Å². The maximum Gasteiger partial charge on any atom is 0.303 e. The van der Waals surface area contributed by atoms with Gasteiger partial charge in [0.1, 0.15) is 6.10 Å². The molecular weight excluding hydrogens is 140 g/mol. The number of hydrogen-bond acceptors (Lipinski definition) is 2. The molecule has 0 aliphatic carbocycles. The summed E-state index contributed by atoms with van der Waals surface area (Å²) < 4.78 is 4.80. The molecule has 0 radical (unpaired) electrons. The van der Waals surface area contributed by atoms with Gasteiger partial charge in [0.05, 0.1) is 0 Å². The Bertz CT molecular complexity index is 205. The van der Waals surface area contributed by atoms with Crippen molar-refractivity contribution in [1.29, 1.82) is 0 Å². The summed E-state index contributed by atoms with van der Waals surface area (Å²) in [7, 11) is 0. The van der Waals surface area contributed by atoms with Crippen LogP contribution in [0.3, 0.4) is 0 Å². The van der Waals surface area contributed by atoms with Crippen LogP contribution in [-0.2, 0) is 9.53 Å². The molecule has 0 aliphatic rings. The highest BCUT2D eigenvalue weighted by Crippen LogP contribution is 1.92. The number of allylic oxidation sites excluding steroid dienone is 1. The van der Waals surface area contributed by atoms with E-state index >= 15 is 0 Å². The molecule has 1 atom stereocenters. The number of carbonyl (C=O) groups is 1. The van der Waals surface area contributed by atoms with Crippen LogP contribution in [-0.4, -0.2) is 12.1 Å². The van der Waals surface area contributed by atoms with Gasteiger partial charge < -0.3 is 4.74 Å². The minimum atomic E-state index is -0.272. The topological polar surface area (TPSA) is 26.3 Å². The van der Waals surface area contributed by atoms with Crippen LogP contribution in [0.25, 0.3) is 0 Å². The van der Waals surface area contributed by atoms with Gasteiger partial charge in [-0.15, -0.1) is 5.92 Å². The van der Waals surface area contributed by atoms with Crippen molar-refractivity contribution >= 4 is 5.97 Å². The summed E-state index contributed by atoms with van der Waals surface area (Å²) in [5.74, 6) is 5.16. The lowest BCUT2D eigenvalue weighted by molar-refractivity contribution is -0.143. The average Bonchev–Trinajstić information content (AvgIpc) is 1.86. The lowest BCUT2D eigenvalue weighted by Gasteiger charge is -2.04. The molecule has 2 heteroatoms. The molecule has 0 N–H and O–H groups in total. The van der Waals surface area contributed by atoms with Crippen LogP contribution in [0.4, 0.5) is 0 Å². The van der Waals surface area contributed by atoms with Crippen molar-refractivity contribution in [1.82, 2.24) is 0 Å². The zero-order valence-electron chi connectivity index (χ0n) is 7.05. The minimum Gasteiger partial charge on any atom is -0.459 e. The zero-order valence-corrected chi connectivity index (χ0v) is 7.05. The summed E-state index contributed by atoms with van der Waals surface area (Å²) in [4.78, 5) is 10.4. The van der Waals surface area contributed by atoms with Gasteiger partial charge in [0.25, 0.3) is 0 Å². The van der Waals surface area contributed by atoms with E-state index < -0.39 is 0 Å². The summed E-state index contributed by atoms with van der Waals surface area (Å²) >= 11 is 0. The summed E-state index contributed by atoms with van der Waals surface area (Å²) in [6.45, 7) is 4.92. The summed E-state index contributed by atoms with van der Waals surface area (Å²) in [6.07, 6.45) is 3.22. The van der Waals surface area contributed by atoms with Gasteiger partial charge in [-0.05, 0) is 26.0 Å². The van der Waals surface area contributed by atoms with E-state index in [4.69, 9.17) is 4.74 Å². The first kappa shape index (κ1) is 9.77. The molecule has 0 heterocycles. The van der Waals surface area contributed by atoms with Gasteiger partial charge in [-0.2, -0.15) is 0 Å². The quantitative estimate of drug-likeness (QED) is 0.443. The number of esters is 1. The molecular formula is C9H12O2. The first-order chi connectivity index (χ1) is 5.16. The second-order valence-corrected chi connectivity index (χ2v) is 2.07. The molecule has 11 heavy (non-hydrogen) atoms. The van der Waals surface area contributed by atoms with Crippen LogP contribution in [0.1, 0.15) is 20.8 Å². The molecule has 0 fully saturated rings. The normalized spacial score (nSPS) is 11.9. The summed E-state index contributed by atoms with van der Waals surface area (Å²) in [5, 5.41) is 0. The van der Waals surface area contributed by atoms with Gasteiger partial charge in [-0.25, -0.2) is 0 Å². The van der Waals surface area contributed by atoms with Crippen molar-refractivity contribution in [2.75, 3.05) is 0 Å². The number of hydrogen-bond donors (Lipinski definition) is 0. The van der Waals surface area contributed by atoms with Crippen LogP contribution in [0.5, 0.6) is 0 Å². The standard InChI is InChI=1S/C9H12O2/c1-4-5-6-7-8(2)11-9(3)10/h6-8H,1-3H3/b7-6+. The van der Waals surface area contributed by atoms with Gasteiger partial charge >= 0.3 is 5.97 Å². The lowest BCUT2D eigenvalue weighted by Crippen LogP contribution is -2.08. The van der Waals surface area contributed by atoms with Gasteiger partial charge in [-0.1, -0.05) is 5.92 Å². The van der Waals surface area contributed by atoms with Crippen molar-refractivity contribution < 1.29 is 9.53 Å². The Morgan fingerprint density at radius 3 is 2.73 bits per heavy atom. The molecule has 60 valence electrons. The fourth-order valence-electron chi connectivity index (χ4n) is 0.568. The molecule has 2 nitrogen and oxygen atoms in total. The number of rotatable bonds is 2. The van der Waals surface area contributed by atoms with E-state index in [9.17, 15) is 4.79 Å². The van der Waals surface area contributed by atoms with Gasteiger partial charge in [-0.3, -0.25) is 4.79 Å². The maximum absolute atomic E-state index is 10.4. The third-order valence-corrected chi connectivity index (χ3v) is 0.947. The predicted molar refractivity (Wildman–Crippen MR) is 43.8 cm³/mol. The van der Waals surface area contributed by atoms with Crippen LogP contribution in [0.2, 0.25) is 0 Å². The van der Waals surface area contributed by atoms with E-state index in [1.165, 1.54) is 6.92 Å². The Hall–Kier alpha value is -1.23. The maximum atomic E-state index is 10.4. The smallest absolute Gasteiger partial charge is 0.303 e. The fraction of sp³-hybridized carbons (Fsp3) is 0.444. The van der Waals surface area contributed by atoms with Crippen LogP contribution >= 0.6 is 0 Å². The van der Waals surface area contributed by atoms with E-state index in [-0.39, 0.29) is 12.1 Å². The minimum absolute atomic E-state index is 0.187. The van der Waals surface area contributed by atoms with Crippen LogP contribution < -0.4 is 0 Å². The summed E-state index contributed by atoms with van der Waals surface area (Å²) in [5.41, 5.74) is 0. The average molecular weight is 152 g/mol. The highest BCUT2D eigenvalue weighted by atomic mass is 16.5. The molecule has 0 saturated carbocycles. The Labute approximate surface area is 67.2 Å². The van der Waals surface area contributed by atoms with Crippen molar-refractivity contribution in [3.8, 4) is 11.8 Å². The molecule has 0 aliphatic heterocycles. The molecule has 0 saturated heterocycles. The molecule has 0 rings (SSSR count). The SMILES string of the molecule is CC#C/C=C/C(C)OC(C)=O. The van der Waals surface area contributed by atoms with Gasteiger partial charge in [0.15, 0.2) is 0 Å². The van der Waals surface area contributed by atoms with Crippen LogP contribution in [0.15, 0.2) is 12.2 Å². The third kappa shape index (κ3) is 6.66. The van der Waals surface area contributed by atoms with Crippen molar-refractivity contribution in [2.45, 2.75) is 26.9 Å². The van der Waals surface area contributed by atoms with E-state index in [0.29, 0.717) is 0 Å². The number of carbonyl (C=O) groups excluding carboxylic acids is 1. The highest BCUT2D eigenvalue weighted by Gasteiger charge is 1.97. The predicted octanol–water partition coefficient (Wildman–Crippen LogP) is 1.52. The van der Waals surface area contributed by atoms with Gasteiger partial charge in [0, 0.05) is 6.92 Å². The Morgan fingerprint density at radius 2 is 2.27 bits per heavy atom. The zero-order chi connectivity index (χ0) is 8.69. The number of ether oxygens (including phenoxy) is 1. The van der Waals surface area contributed by atoms with E-state index in [1.54, 1.807) is 26.0 Å². The molecule has 0 aromatic carbocycles. The van der Waals surface area contributed by atoms with Gasteiger partial charge in [0.2, 0.25) is 0 Å². The van der Waals surface area contributed by atoms with Crippen LogP contribution in [0, 0.1) is 11.8 Å². The Balaban J connectivity index is 3.73. The highest BCUT2D eigenvalue weighted by molar-refractivity contribution is 5.66. The second kappa shape index (κ2) is 5.55. The summed E-state index contributed by atoms with van der Waals surface area (Å²) in [6, 6.07) is 0. The lowest BCUT2D eigenvalue weighted by atomic mass is 10.3. The monoisotopic (exact) mass is 152 g/mol.